The number of hydrogen-bond acceptors (Lipinski definition) is 1. The van der Waals surface area contributed by atoms with Crippen LogP contribution < -0.4 is 5.32 Å². The summed E-state index contributed by atoms with van der Waals surface area (Å²) in [4.78, 5) is 12.1. The molecule has 0 atom stereocenters. The summed E-state index contributed by atoms with van der Waals surface area (Å²) in [7, 11) is 0. The van der Waals surface area contributed by atoms with Crippen LogP contribution in [-0.2, 0) is 0 Å². The molecule has 21 heavy (non-hydrogen) atoms. The van der Waals surface area contributed by atoms with E-state index in [4.69, 9.17) is 11.6 Å². The molecule has 1 amide bonds. The molecule has 0 bridgehead atoms. The lowest BCUT2D eigenvalue weighted by atomic mass is 10.1. The topological polar surface area (TPSA) is 29.1 Å². The summed E-state index contributed by atoms with van der Waals surface area (Å²) < 4.78 is 27.5. The summed E-state index contributed by atoms with van der Waals surface area (Å²) in [5, 5.41) is 3.03. The number of rotatable bonds is 2. The number of benzene rings is 2. The number of carbonyl (C=O) groups excluding carboxylic acids is 1. The Bertz CT molecular complexity index is 734. The van der Waals surface area contributed by atoms with Gasteiger partial charge in [0.25, 0.3) is 5.91 Å². The third-order valence-corrected chi connectivity index (χ3v) is 4.05. The Labute approximate surface area is 134 Å². The fraction of sp³-hybridized carbons (Fsp3) is 0.133. The number of carbonyl (C=O) groups is 1. The maximum atomic E-state index is 13.7. The summed E-state index contributed by atoms with van der Waals surface area (Å²) in [5.74, 6) is -2.27. The molecule has 0 radical (unpaired) electrons. The molecule has 0 heterocycles. The molecule has 6 heteroatoms. The van der Waals surface area contributed by atoms with E-state index in [2.05, 4.69) is 21.2 Å². The van der Waals surface area contributed by atoms with Gasteiger partial charge in [0.15, 0.2) is 0 Å². The number of nitrogens with one attached hydrogen (secondary N) is 1. The van der Waals surface area contributed by atoms with E-state index in [0.29, 0.717) is 21.2 Å². The molecule has 0 aliphatic rings. The first-order valence-electron chi connectivity index (χ1n) is 6.02. The van der Waals surface area contributed by atoms with Crippen molar-refractivity contribution < 1.29 is 13.6 Å². The van der Waals surface area contributed by atoms with Gasteiger partial charge in [-0.3, -0.25) is 4.79 Å². The minimum Gasteiger partial charge on any atom is -0.321 e. The van der Waals surface area contributed by atoms with Gasteiger partial charge in [-0.1, -0.05) is 11.6 Å². The molecule has 2 rings (SSSR count). The van der Waals surface area contributed by atoms with Gasteiger partial charge in [-0.2, -0.15) is 0 Å². The average Bonchev–Trinajstić information content (AvgIpc) is 2.40. The molecule has 0 aliphatic carbocycles. The van der Waals surface area contributed by atoms with Gasteiger partial charge in [0, 0.05) is 15.6 Å². The third kappa shape index (κ3) is 3.41. The SMILES string of the molecule is Cc1cc(C(=O)Nc2cc(Cl)c(C)cc2Br)c(F)cc1F. The summed E-state index contributed by atoms with van der Waals surface area (Å²) >= 11 is 9.30. The fourth-order valence-electron chi connectivity index (χ4n) is 1.76. The van der Waals surface area contributed by atoms with Crippen molar-refractivity contribution in [2.75, 3.05) is 5.32 Å². The van der Waals surface area contributed by atoms with Crippen molar-refractivity contribution in [1.29, 1.82) is 0 Å². The van der Waals surface area contributed by atoms with Crippen molar-refractivity contribution in [3.05, 3.63) is 62.1 Å². The molecule has 0 aromatic heterocycles. The van der Waals surface area contributed by atoms with Crippen LogP contribution in [0.15, 0.2) is 28.7 Å². The highest BCUT2D eigenvalue weighted by atomic mass is 79.9. The molecule has 1 N–H and O–H groups in total. The van der Waals surface area contributed by atoms with Gasteiger partial charge in [0.1, 0.15) is 11.6 Å². The van der Waals surface area contributed by atoms with Crippen LogP contribution in [0.1, 0.15) is 21.5 Å². The maximum absolute atomic E-state index is 13.7. The Kier molecular flexibility index (Phi) is 4.64. The van der Waals surface area contributed by atoms with Crippen LogP contribution in [-0.4, -0.2) is 5.91 Å². The molecule has 0 saturated carbocycles. The van der Waals surface area contributed by atoms with Crippen molar-refractivity contribution >= 4 is 39.1 Å². The van der Waals surface area contributed by atoms with Gasteiger partial charge in [0.05, 0.1) is 11.3 Å². The van der Waals surface area contributed by atoms with Crippen molar-refractivity contribution in [1.82, 2.24) is 0 Å². The Balaban J connectivity index is 2.35. The second kappa shape index (κ2) is 6.12. The molecule has 2 aromatic rings. The van der Waals surface area contributed by atoms with Crippen LogP contribution >= 0.6 is 27.5 Å². The standard InChI is InChI=1S/C15H11BrClF2NO/c1-7-4-10(16)14(5-11(7)17)20-15(21)9-3-8(2)12(18)6-13(9)19/h3-6H,1-2H3,(H,20,21). The average molecular weight is 375 g/mol. The molecule has 0 unspecified atom stereocenters. The van der Waals surface area contributed by atoms with E-state index in [1.807, 2.05) is 6.92 Å². The number of amides is 1. The lowest BCUT2D eigenvalue weighted by molar-refractivity contribution is 0.102. The molecule has 0 fully saturated rings. The molecule has 2 aromatic carbocycles. The Morgan fingerprint density at radius 3 is 2.43 bits per heavy atom. The molecule has 0 saturated heterocycles. The summed E-state index contributed by atoms with van der Waals surface area (Å²) in [5.41, 5.74) is 1.22. The van der Waals surface area contributed by atoms with Gasteiger partial charge < -0.3 is 5.32 Å². The van der Waals surface area contributed by atoms with E-state index in [1.54, 1.807) is 12.1 Å². The van der Waals surface area contributed by atoms with Crippen molar-refractivity contribution in [3.8, 4) is 0 Å². The fourth-order valence-corrected chi connectivity index (χ4v) is 2.48. The molecular formula is C15H11BrClF2NO. The van der Waals surface area contributed by atoms with E-state index in [0.717, 1.165) is 5.56 Å². The van der Waals surface area contributed by atoms with Crippen LogP contribution in [0.2, 0.25) is 5.02 Å². The first-order chi connectivity index (χ1) is 9.79. The summed E-state index contributed by atoms with van der Waals surface area (Å²) in [6.07, 6.45) is 0. The first kappa shape index (κ1) is 15.9. The molecule has 2 nitrogen and oxygen atoms in total. The zero-order chi connectivity index (χ0) is 15.7. The number of halogens is 4. The van der Waals surface area contributed by atoms with E-state index >= 15 is 0 Å². The minimum absolute atomic E-state index is 0.197. The molecular weight excluding hydrogens is 364 g/mol. The van der Waals surface area contributed by atoms with Crippen LogP contribution in [0.3, 0.4) is 0 Å². The van der Waals surface area contributed by atoms with Crippen LogP contribution in [0.5, 0.6) is 0 Å². The summed E-state index contributed by atoms with van der Waals surface area (Å²) in [6.45, 7) is 3.28. The molecule has 0 aliphatic heterocycles. The van der Waals surface area contributed by atoms with E-state index in [9.17, 15) is 13.6 Å². The van der Waals surface area contributed by atoms with Crippen LogP contribution in [0.4, 0.5) is 14.5 Å². The second-order valence-electron chi connectivity index (χ2n) is 4.62. The highest BCUT2D eigenvalue weighted by Gasteiger charge is 2.16. The Hall–Kier alpha value is -1.46. The van der Waals surface area contributed by atoms with Crippen LogP contribution in [0.25, 0.3) is 0 Å². The second-order valence-corrected chi connectivity index (χ2v) is 5.88. The minimum atomic E-state index is -0.912. The van der Waals surface area contributed by atoms with Gasteiger partial charge in [-0.25, -0.2) is 8.78 Å². The molecule has 0 spiro atoms. The third-order valence-electron chi connectivity index (χ3n) is 2.99. The highest BCUT2D eigenvalue weighted by molar-refractivity contribution is 9.10. The Morgan fingerprint density at radius 2 is 1.76 bits per heavy atom. The number of aryl methyl sites for hydroxylation is 2. The lowest BCUT2D eigenvalue weighted by Gasteiger charge is -2.11. The first-order valence-corrected chi connectivity index (χ1v) is 7.19. The molecule has 110 valence electrons. The zero-order valence-corrected chi connectivity index (χ0v) is 13.6. The highest BCUT2D eigenvalue weighted by Crippen LogP contribution is 2.29. The largest absolute Gasteiger partial charge is 0.321 e. The van der Waals surface area contributed by atoms with Gasteiger partial charge >= 0.3 is 0 Å². The quantitative estimate of drug-likeness (QED) is 0.764. The monoisotopic (exact) mass is 373 g/mol. The predicted octanol–water partition coefficient (Wildman–Crippen LogP) is 5.25. The zero-order valence-electron chi connectivity index (χ0n) is 11.2. The van der Waals surface area contributed by atoms with Crippen molar-refractivity contribution in [2.45, 2.75) is 13.8 Å². The maximum Gasteiger partial charge on any atom is 0.258 e. The van der Waals surface area contributed by atoms with Gasteiger partial charge in [0.2, 0.25) is 0 Å². The van der Waals surface area contributed by atoms with E-state index in [-0.39, 0.29) is 11.1 Å². The van der Waals surface area contributed by atoms with Gasteiger partial charge in [-0.05, 0) is 59.1 Å². The predicted molar refractivity (Wildman–Crippen MR) is 82.9 cm³/mol. The van der Waals surface area contributed by atoms with E-state index < -0.39 is 17.5 Å². The van der Waals surface area contributed by atoms with Crippen LogP contribution in [0, 0.1) is 25.5 Å². The van der Waals surface area contributed by atoms with Crippen molar-refractivity contribution in [2.24, 2.45) is 0 Å². The smallest absolute Gasteiger partial charge is 0.258 e. The van der Waals surface area contributed by atoms with E-state index in [1.165, 1.54) is 13.0 Å². The Morgan fingerprint density at radius 1 is 1.10 bits per heavy atom. The summed E-state index contributed by atoms with van der Waals surface area (Å²) in [6, 6.07) is 5.17. The lowest BCUT2D eigenvalue weighted by Crippen LogP contribution is -2.15. The van der Waals surface area contributed by atoms with Gasteiger partial charge in [-0.15, -0.1) is 0 Å². The normalized spacial score (nSPS) is 10.6. The van der Waals surface area contributed by atoms with Crippen molar-refractivity contribution in [3.63, 3.8) is 0 Å². The number of anilines is 1. The number of hydrogen-bond donors (Lipinski definition) is 1.